The van der Waals surface area contributed by atoms with Gasteiger partial charge in [0.25, 0.3) is 0 Å². The van der Waals surface area contributed by atoms with Crippen molar-refractivity contribution in [2.75, 3.05) is 0 Å². The standard InChI is InChI=1S/C15H9BrF2O2/c16-10-6-5-9(12(17)7-10)8-15(18)11-3-1-2-4-13(11)20-14(15)19/h1-7H,8H2. The summed E-state index contributed by atoms with van der Waals surface area (Å²) in [5.41, 5.74) is -2.07. The Labute approximate surface area is 122 Å². The van der Waals surface area contributed by atoms with Gasteiger partial charge in [0.2, 0.25) is 5.67 Å². The molecule has 0 spiro atoms. The zero-order chi connectivity index (χ0) is 14.3. The maximum atomic E-state index is 15.0. The lowest BCUT2D eigenvalue weighted by Gasteiger charge is -2.16. The molecule has 0 aliphatic carbocycles. The van der Waals surface area contributed by atoms with Gasteiger partial charge in [-0.15, -0.1) is 0 Å². The Morgan fingerprint density at radius 1 is 1.20 bits per heavy atom. The van der Waals surface area contributed by atoms with Crippen LogP contribution in [0.5, 0.6) is 5.75 Å². The normalized spacial score (nSPS) is 20.6. The molecule has 0 amide bonds. The van der Waals surface area contributed by atoms with E-state index < -0.39 is 17.5 Å². The number of para-hydroxylation sites is 1. The monoisotopic (exact) mass is 338 g/mol. The van der Waals surface area contributed by atoms with E-state index in [0.717, 1.165) is 0 Å². The molecule has 3 rings (SSSR count). The fourth-order valence-corrected chi connectivity index (χ4v) is 2.60. The lowest BCUT2D eigenvalue weighted by atomic mass is 9.90. The summed E-state index contributed by atoms with van der Waals surface area (Å²) in [4.78, 5) is 11.8. The Morgan fingerprint density at radius 3 is 2.70 bits per heavy atom. The smallest absolute Gasteiger partial charge is 0.354 e. The topological polar surface area (TPSA) is 26.3 Å². The van der Waals surface area contributed by atoms with Crippen LogP contribution in [0.15, 0.2) is 46.9 Å². The number of rotatable bonds is 2. The summed E-state index contributed by atoms with van der Waals surface area (Å²) >= 11 is 3.13. The molecule has 1 atom stereocenters. The van der Waals surface area contributed by atoms with Crippen LogP contribution in [0.3, 0.4) is 0 Å². The Hall–Kier alpha value is -1.75. The van der Waals surface area contributed by atoms with Gasteiger partial charge < -0.3 is 4.74 Å². The van der Waals surface area contributed by atoms with Crippen LogP contribution in [0.4, 0.5) is 8.78 Å². The number of carbonyl (C=O) groups is 1. The summed E-state index contributed by atoms with van der Waals surface area (Å²) in [6.45, 7) is 0. The van der Waals surface area contributed by atoms with E-state index in [1.807, 2.05) is 0 Å². The predicted molar refractivity (Wildman–Crippen MR) is 72.7 cm³/mol. The third-order valence-corrected chi connectivity index (χ3v) is 3.78. The zero-order valence-electron chi connectivity index (χ0n) is 10.2. The largest absolute Gasteiger partial charge is 0.423 e. The highest BCUT2D eigenvalue weighted by Gasteiger charge is 2.50. The van der Waals surface area contributed by atoms with Crippen molar-refractivity contribution in [2.45, 2.75) is 12.1 Å². The van der Waals surface area contributed by atoms with E-state index in [1.165, 1.54) is 24.3 Å². The van der Waals surface area contributed by atoms with Crippen LogP contribution in [0.25, 0.3) is 0 Å². The molecular formula is C15H9BrF2O2. The predicted octanol–water partition coefficient (Wildman–Crippen LogP) is 3.91. The first-order valence-corrected chi connectivity index (χ1v) is 6.74. The van der Waals surface area contributed by atoms with E-state index in [9.17, 15) is 9.18 Å². The van der Waals surface area contributed by atoms with Crippen molar-refractivity contribution in [3.63, 3.8) is 0 Å². The molecule has 0 radical (unpaired) electrons. The Kier molecular flexibility index (Phi) is 3.09. The molecular weight excluding hydrogens is 330 g/mol. The summed E-state index contributed by atoms with van der Waals surface area (Å²) < 4.78 is 34.3. The van der Waals surface area contributed by atoms with Gasteiger partial charge in [-0.25, -0.2) is 13.6 Å². The third kappa shape index (κ3) is 2.02. The number of esters is 1. The van der Waals surface area contributed by atoms with E-state index in [4.69, 9.17) is 4.74 Å². The average molecular weight is 339 g/mol. The van der Waals surface area contributed by atoms with Crippen molar-refractivity contribution >= 4 is 21.9 Å². The molecule has 102 valence electrons. The number of hydrogen-bond donors (Lipinski definition) is 0. The van der Waals surface area contributed by atoms with E-state index >= 15 is 4.39 Å². The van der Waals surface area contributed by atoms with Gasteiger partial charge in [0, 0.05) is 16.5 Å². The second-order valence-electron chi connectivity index (χ2n) is 4.60. The van der Waals surface area contributed by atoms with E-state index in [1.54, 1.807) is 18.2 Å². The van der Waals surface area contributed by atoms with Gasteiger partial charge in [0.1, 0.15) is 11.6 Å². The molecule has 5 heteroatoms. The van der Waals surface area contributed by atoms with E-state index in [-0.39, 0.29) is 23.3 Å². The van der Waals surface area contributed by atoms with Crippen molar-refractivity contribution in [1.29, 1.82) is 0 Å². The molecule has 0 N–H and O–H groups in total. The highest BCUT2D eigenvalue weighted by Crippen LogP contribution is 2.43. The Morgan fingerprint density at radius 2 is 1.95 bits per heavy atom. The highest BCUT2D eigenvalue weighted by molar-refractivity contribution is 9.10. The van der Waals surface area contributed by atoms with Crippen LogP contribution in [-0.2, 0) is 16.9 Å². The number of benzene rings is 2. The minimum Gasteiger partial charge on any atom is -0.423 e. The maximum Gasteiger partial charge on any atom is 0.354 e. The number of carbonyl (C=O) groups excluding carboxylic acids is 1. The average Bonchev–Trinajstić information content (AvgIpc) is 2.66. The van der Waals surface area contributed by atoms with E-state index in [0.29, 0.717) is 4.47 Å². The maximum absolute atomic E-state index is 15.0. The minimum atomic E-state index is -2.34. The molecule has 1 aliphatic rings. The molecule has 0 fully saturated rings. The molecule has 20 heavy (non-hydrogen) atoms. The van der Waals surface area contributed by atoms with Crippen molar-refractivity contribution in [2.24, 2.45) is 0 Å². The SMILES string of the molecule is O=C1Oc2ccccc2C1(F)Cc1ccc(Br)cc1F. The Balaban J connectivity index is 2.03. The van der Waals surface area contributed by atoms with Gasteiger partial charge in [-0.05, 0) is 23.8 Å². The molecule has 1 heterocycles. The van der Waals surface area contributed by atoms with Gasteiger partial charge in [0.15, 0.2) is 0 Å². The highest BCUT2D eigenvalue weighted by atomic mass is 79.9. The van der Waals surface area contributed by atoms with Crippen LogP contribution in [0, 0.1) is 5.82 Å². The van der Waals surface area contributed by atoms with E-state index in [2.05, 4.69) is 15.9 Å². The third-order valence-electron chi connectivity index (χ3n) is 3.29. The molecule has 2 aromatic carbocycles. The number of ether oxygens (including phenoxy) is 1. The van der Waals surface area contributed by atoms with Crippen LogP contribution in [0.1, 0.15) is 11.1 Å². The van der Waals surface area contributed by atoms with Gasteiger partial charge in [-0.1, -0.05) is 40.2 Å². The molecule has 1 aliphatic heterocycles. The lowest BCUT2D eigenvalue weighted by Crippen LogP contribution is -2.31. The summed E-state index contributed by atoms with van der Waals surface area (Å²) in [6.07, 6.45) is -0.387. The number of fused-ring (bicyclic) bond motifs is 1. The van der Waals surface area contributed by atoms with Gasteiger partial charge in [-0.3, -0.25) is 0 Å². The molecule has 2 aromatic rings. The zero-order valence-corrected chi connectivity index (χ0v) is 11.8. The lowest BCUT2D eigenvalue weighted by molar-refractivity contribution is -0.144. The number of alkyl halides is 1. The molecule has 0 saturated carbocycles. The molecule has 0 bridgehead atoms. The summed E-state index contributed by atoms with van der Waals surface area (Å²) in [6, 6.07) is 10.6. The quantitative estimate of drug-likeness (QED) is 0.612. The first-order valence-electron chi connectivity index (χ1n) is 5.95. The van der Waals surface area contributed by atoms with Crippen LogP contribution in [0.2, 0.25) is 0 Å². The van der Waals surface area contributed by atoms with Crippen molar-refractivity contribution < 1.29 is 18.3 Å². The summed E-state index contributed by atoms with van der Waals surface area (Å²) in [7, 11) is 0. The van der Waals surface area contributed by atoms with Crippen LogP contribution >= 0.6 is 15.9 Å². The minimum absolute atomic E-state index is 0.129. The second-order valence-corrected chi connectivity index (χ2v) is 5.52. The van der Waals surface area contributed by atoms with Crippen LogP contribution < -0.4 is 4.74 Å². The Bertz CT molecular complexity index is 702. The second kappa shape index (κ2) is 4.66. The van der Waals surface area contributed by atoms with Gasteiger partial charge >= 0.3 is 5.97 Å². The molecule has 1 unspecified atom stereocenters. The molecule has 0 aromatic heterocycles. The van der Waals surface area contributed by atoms with Crippen molar-refractivity contribution in [1.82, 2.24) is 0 Å². The van der Waals surface area contributed by atoms with Gasteiger partial charge in [0.05, 0.1) is 0 Å². The van der Waals surface area contributed by atoms with Crippen LogP contribution in [-0.4, -0.2) is 5.97 Å². The fourth-order valence-electron chi connectivity index (χ4n) is 2.27. The fraction of sp³-hybridized carbons (Fsp3) is 0.133. The van der Waals surface area contributed by atoms with Crippen molar-refractivity contribution in [3.8, 4) is 5.75 Å². The molecule has 2 nitrogen and oxygen atoms in total. The molecule has 0 saturated heterocycles. The van der Waals surface area contributed by atoms with Gasteiger partial charge in [-0.2, -0.15) is 0 Å². The number of hydrogen-bond acceptors (Lipinski definition) is 2. The van der Waals surface area contributed by atoms with Crippen molar-refractivity contribution in [3.05, 3.63) is 63.9 Å². The first-order chi connectivity index (χ1) is 9.50. The summed E-state index contributed by atoms with van der Waals surface area (Å²) in [5.74, 6) is -1.37. The number of halogens is 3. The summed E-state index contributed by atoms with van der Waals surface area (Å²) in [5, 5.41) is 0. The first kappa shape index (κ1) is 13.2.